The van der Waals surface area contributed by atoms with Crippen molar-refractivity contribution < 1.29 is 0 Å². The van der Waals surface area contributed by atoms with Gasteiger partial charge in [0.1, 0.15) is 0 Å². The zero-order chi connectivity index (χ0) is 11.3. The highest BCUT2D eigenvalue weighted by molar-refractivity contribution is 7.99. The van der Waals surface area contributed by atoms with Crippen LogP contribution in [-0.4, -0.2) is 27.5 Å². The molecule has 1 aromatic heterocycles. The summed E-state index contributed by atoms with van der Waals surface area (Å²) < 4.78 is 0. The Labute approximate surface area is 96.1 Å². The highest BCUT2D eigenvalue weighted by atomic mass is 32.2. The topological polar surface area (TPSA) is 37.8 Å². The van der Waals surface area contributed by atoms with E-state index in [9.17, 15) is 0 Å². The second kappa shape index (κ2) is 5.95. The molecule has 4 heteroatoms. The molecule has 3 nitrogen and oxygen atoms in total. The number of nitrogens with one attached hydrogen (secondary N) is 1. The first-order chi connectivity index (χ1) is 7.11. The standard InChI is InChI=1S/C11H19N3S/c1-5-15-7-10(4)14-11-12-8(2)6-9(3)13-11/h6,10H,5,7H2,1-4H3,(H,12,13,14). The summed E-state index contributed by atoms with van der Waals surface area (Å²) in [7, 11) is 0. The lowest BCUT2D eigenvalue weighted by atomic mass is 10.3. The van der Waals surface area contributed by atoms with Crippen LogP contribution in [0.1, 0.15) is 25.2 Å². The number of rotatable bonds is 5. The van der Waals surface area contributed by atoms with Gasteiger partial charge >= 0.3 is 0 Å². The summed E-state index contributed by atoms with van der Waals surface area (Å²) in [6, 6.07) is 2.40. The van der Waals surface area contributed by atoms with Crippen molar-refractivity contribution in [2.24, 2.45) is 0 Å². The molecule has 0 spiro atoms. The Kier molecular flexibility index (Phi) is 4.88. The second-order valence-electron chi connectivity index (χ2n) is 3.68. The first-order valence-corrected chi connectivity index (χ1v) is 6.44. The Bertz CT molecular complexity index is 294. The van der Waals surface area contributed by atoms with Gasteiger partial charge in [-0.15, -0.1) is 0 Å². The molecule has 0 saturated carbocycles. The smallest absolute Gasteiger partial charge is 0.223 e. The molecule has 1 unspecified atom stereocenters. The minimum Gasteiger partial charge on any atom is -0.351 e. The van der Waals surface area contributed by atoms with Gasteiger partial charge in [-0.05, 0) is 32.6 Å². The molecule has 15 heavy (non-hydrogen) atoms. The van der Waals surface area contributed by atoms with Crippen LogP contribution in [0.4, 0.5) is 5.95 Å². The van der Waals surface area contributed by atoms with Gasteiger partial charge in [0.25, 0.3) is 0 Å². The van der Waals surface area contributed by atoms with Crippen molar-refractivity contribution in [2.75, 3.05) is 16.8 Å². The molecular formula is C11H19N3S. The van der Waals surface area contributed by atoms with Crippen molar-refractivity contribution in [1.82, 2.24) is 9.97 Å². The van der Waals surface area contributed by atoms with Crippen LogP contribution in [0.15, 0.2) is 6.07 Å². The Morgan fingerprint density at radius 1 is 1.33 bits per heavy atom. The Balaban J connectivity index is 2.56. The lowest BCUT2D eigenvalue weighted by Crippen LogP contribution is -2.20. The third kappa shape index (κ3) is 4.51. The molecule has 0 aromatic carbocycles. The third-order valence-electron chi connectivity index (χ3n) is 1.93. The molecule has 0 bridgehead atoms. The van der Waals surface area contributed by atoms with Crippen molar-refractivity contribution in [3.63, 3.8) is 0 Å². The van der Waals surface area contributed by atoms with E-state index in [1.165, 1.54) is 0 Å². The summed E-state index contributed by atoms with van der Waals surface area (Å²) >= 11 is 1.93. The number of thioether (sulfide) groups is 1. The van der Waals surface area contributed by atoms with Gasteiger partial charge in [-0.3, -0.25) is 0 Å². The fraction of sp³-hybridized carbons (Fsp3) is 0.636. The first kappa shape index (κ1) is 12.3. The number of nitrogens with zero attached hydrogens (tertiary/aromatic N) is 2. The molecule has 1 aromatic rings. The van der Waals surface area contributed by atoms with E-state index in [4.69, 9.17) is 0 Å². The maximum atomic E-state index is 4.35. The molecule has 1 heterocycles. The molecule has 84 valence electrons. The van der Waals surface area contributed by atoms with E-state index < -0.39 is 0 Å². The molecule has 0 aliphatic carbocycles. The molecule has 0 saturated heterocycles. The van der Waals surface area contributed by atoms with Gasteiger partial charge in [-0.2, -0.15) is 11.8 Å². The van der Waals surface area contributed by atoms with E-state index in [1.54, 1.807) is 0 Å². The molecule has 0 fully saturated rings. The average molecular weight is 225 g/mol. The minimum atomic E-state index is 0.413. The predicted octanol–water partition coefficient (Wildman–Crippen LogP) is 2.65. The molecule has 1 rings (SSSR count). The van der Waals surface area contributed by atoms with E-state index in [-0.39, 0.29) is 0 Å². The Hall–Kier alpha value is -0.770. The summed E-state index contributed by atoms with van der Waals surface area (Å²) in [5.41, 5.74) is 2.03. The van der Waals surface area contributed by atoms with Crippen molar-refractivity contribution in [2.45, 2.75) is 33.7 Å². The number of aromatic nitrogens is 2. The quantitative estimate of drug-likeness (QED) is 0.836. The van der Waals surface area contributed by atoms with Crippen LogP contribution in [-0.2, 0) is 0 Å². The number of aryl methyl sites for hydroxylation is 2. The highest BCUT2D eigenvalue weighted by Crippen LogP contribution is 2.08. The van der Waals surface area contributed by atoms with Gasteiger partial charge in [-0.1, -0.05) is 6.92 Å². The maximum absolute atomic E-state index is 4.35. The normalized spacial score (nSPS) is 12.5. The van der Waals surface area contributed by atoms with Crippen LogP contribution in [0.5, 0.6) is 0 Å². The monoisotopic (exact) mass is 225 g/mol. The van der Waals surface area contributed by atoms with Crippen LogP contribution < -0.4 is 5.32 Å². The predicted molar refractivity (Wildman–Crippen MR) is 67.6 cm³/mol. The fourth-order valence-electron chi connectivity index (χ4n) is 1.35. The van der Waals surface area contributed by atoms with E-state index in [0.29, 0.717) is 6.04 Å². The van der Waals surface area contributed by atoms with Gasteiger partial charge in [-0.25, -0.2) is 9.97 Å². The molecular weight excluding hydrogens is 206 g/mol. The molecule has 1 N–H and O–H groups in total. The average Bonchev–Trinajstić information content (AvgIpc) is 2.13. The first-order valence-electron chi connectivity index (χ1n) is 5.28. The van der Waals surface area contributed by atoms with Crippen LogP contribution in [0.25, 0.3) is 0 Å². The summed E-state index contributed by atoms with van der Waals surface area (Å²) in [4.78, 5) is 8.70. The maximum Gasteiger partial charge on any atom is 0.223 e. The third-order valence-corrected chi connectivity index (χ3v) is 3.07. The fourth-order valence-corrected chi connectivity index (χ4v) is 2.02. The van der Waals surface area contributed by atoms with Gasteiger partial charge < -0.3 is 5.32 Å². The SMILES string of the molecule is CCSCC(C)Nc1nc(C)cc(C)n1. The highest BCUT2D eigenvalue weighted by Gasteiger charge is 2.04. The summed E-state index contributed by atoms with van der Waals surface area (Å²) in [6.45, 7) is 8.31. The van der Waals surface area contributed by atoms with Crippen LogP contribution >= 0.6 is 11.8 Å². The van der Waals surface area contributed by atoms with Crippen LogP contribution in [0.2, 0.25) is 0 Å². The lowest BCUT2D eigenvalue weighted by Gasteiger charge is -2.13. The van der Waals surface area contributed by atoms with Crippen LogP contribution in [0, 0.1) is 13.8 Å². The largest absolute Gasteiger partial charge is 0.351 e. The van der Waals surface area contributed by atoms with Crippen molar-refractivity contribution in [1.29, 1.82) is 0 Å². The molecule has 1 atom stereocenters. The summed E-state index contributed by atoms with van der Waals surface area (Å²) in [5, 5.41) is 3.32. The summed E-state index contributed by atoms with van der Waals surface area (Å²) in [5.74, 6) is 2.99. The van der Waals surface area contributed by atoms with Gasteiger partial charge in [0.05, 0.1) is 0 Å². The zero-order valence-electron chi connectivity index (χ0n) is 9.87. The van der Waals surface area contributed by atoms with E-state index >= 15 is 0 Å². The lowest BCUT2D eigenvalue weighted by molar-refractivity contribution is 0.877. The molecule has 0 aliphatic heterocycles. The van der Waals surface area contributed by atoms with E-state index in [1.807, 2.05) is 31.7 Å². The van der Waals surface area contributed by atoms with Gasteiger partial charge in [0.2, 0.25) is 5.95 Å². The van der Waals surface area contributed by atoms with Crippen molar-refractivity contribution >= 4 is 17.7 Å². The van der Waals surface area contributed by atoms with E-state index in [2.05, 4.69) is 29.1 Å². The van der Waals surface area contributed by atoms with E-state index in [0.717, 1.165) is 28.8 Å². The minimum absolute atomic E-state index is 0.413. The van der Waals surface area contributed by atoms with Crippen molar-refractivity contribution in [3.8, 4) is 0 Å². The van der Waals surface area contributed by atoms with Crippen LogP contribution in [0.3, 0.4) is 0 Å². The Morgan fingerprint density at radius 3 is 2.47 bits per heavy atom. The summed E-state index contributed by atoms with van der Waals surface area (Å²) in [6.07, 6.45) is 0. The van der Waals surface area contributed by atoms with Crippen molar-refractivity contribution in [3.05, 3.63) is 17.5 Å². The zero-order valence-corrected chi connectivity index (χ0v) is 10.7. The molecule has 0 radical (unpaired) electrons. The molecule has 0 aliphatic rings. The Morgan fingerprint density at radius 2 is 1.93 bits per heavy atom. The number of hydrogen-bond acceptors (Lipinski definition) is 4. The number of anilines is 1. The molecule has 0 amide bonds. The van der Waals surface area contributed by atoms with Gasteiger partial charge in [0, 0.05) is 23.2 Å². The van der Waals surface area contributed by atoms with Gasteiger partial charge in [0.15, 0.2) is 0 Å². The number of hydrogen-bond donors (Lipinski definition) is 1. The second-order valence-corrected chi connectivity index (χ2v) is 5.00.